The third-order valence-corrected chi connectivity index (χ3v) is 5.25. The lowest BCUT2D eigenvalue weighted by atomic mass is 10.00. The first-order valence-corrected chi connectivity index (χ1v) is 10.8. The highest BCUT2D eigenvalue weighted by atomic mass is 19.4. The van der Waals surface area contributed by atoms with Gasteiger partial charge < -0.3 is 15.3 Å². The van der Waals surface area contributed by atoms with Crippen molar-refractivity contribution in [3.05, 3.63) is 106 Å². The van der Waals surface area contributed by atoms with E-state index < -0.39 is 36.0 Å². The van der Waals surface area contributed by atoms with E-state index >= 15 is 0 Å². The molecule has 36 heavy (non-hydrogen) atoms. The van der Waals surface area contributed by atoms with Crippen molar-refractivity contribution in [2.75, 3.05) is 13.2 Å². The highest BCUT2D eigenvalue weighted by molar-refractivity contribution is 5.78. The van der Waals surface area contributed by atoms with Crippen LogP contribution >= 0.6 is 0 Å². The van der Waals surface area contributed by atoms with Gasteiger partial charge in [-0.1, -0.05) is 30.3 Å². The minimum absolute atomic E-state index is 0.0457. The van der Waals surface area contributed by atoms with Crippen LogP contribution in [0.4, 0.5) is 26.3 Å². The maximum absolute atomic E-state index is 13.1. The van der Waals surface area contributed by atoms with Crippen molar-refractivity contribution in [2.24, 2.45) is 0 Å². The number of halogens is 6. The van der Waals surface area contributed by atoms with Crippen LogP contribution in [-0.4, -0.2) is 19.1 Å². The molecule has 0 radical (unpaired) electrons. The van der Waals surface area contributed by atoms with Crippen LogP contribution in [-0.2, 0) is 34.9 Å². The van der Waals surface area contributed by atoms with Crippen molar-refractivity contribution in [1.29, 1.82) is 0 Å². The fraction of sp³-hybridized carbons (Fsp3) is 0.280. The van der Waals surface area contributed by atoms with Gasteiger partial charge in [0, 0.05) is 24.1 Å². The first kappa shape index (κ1) is 27.0. The minimum atomic E-state index is -4.95. The number of carbonyl (C=O) groups excluding carboxylic acids is 1. The van der Waals surface area contributed by atoms with Crippen molar-refractivity contribution in [1.82, 2.24) is 5.32 Å². The molecule has 0 spiro atoms. The van der Waals surface area contributed by atoms with E-state index in [0.717, 1.165) is 5.56 Å². The number of nitrogens with one attached hydrogen (secondary N) is 1. The second-order valence-corrected chi connectivity index (χ2v) is 8.09. The number of hydrogen-bond donors (Lipinski definition) is 1. The first-order chi connectivity index (χ1) is 16.9. The van der Waals surface area contributed by atoms with Crippen molar-refractivity contribution < 1.29 is 40.6 Å². The maximum atomic E-state index is 13.1. The summed E-state index contributed by atoms with van der Waals surface area (Å²) in [4.78, 5) is 12.3. The van der Waals surface area contributed by atoms with Gasteiger partial charge >= 0.3 is 12.4 Å². The molecule has 3 rings (SSSR count). The number of carbonyl (C=O) groups is 1. The molecule has 1 atom stereocenters. The van der Waals surface area contributed by atoms with Crippen molar-refractivity contribution >= 4 is 5.91 Å². The third kappa shape index (κ3) is 7.98. The number of benzene rings is 2. The summed E-state index contributed by atoms with van der Waals surface area (Å²) in [6.45, 7) is -0.463. The maximum Gasteiger partial charge on any atom is 0.416 e. The molecule has 0 fully saturated rings. The van der Waals surface area contributed by atoms with Gasteiger partial charge in [-0.2, -0.15) is 31.1 Å². The van der Waals surface area contributed by atoms with Crippen molar-refractivity contribution in [2.45, 2.75) is 31.3 Å². The predicted octanol–water partition coefficient (Wildman–Crippen LogP) is 5.02. The number of hydrogen-bond acceptors (Lipinski definition) is 3. The molecule has 0 aliphatic heterocycles. The zero-order valence-electron chi connectivity index (χ0n) is 18.8. The van der Waals surface area contributed by atoms with Crippen molar-refractivity contribution in [3.63, 3.8) is 0 Å². The van der Waals surface area contributed by atoms with Crippen molar-refractivity contribution in [3.8, 4) is 0 Å². The lowest BCUT2D eigenvalue weighted by Crippen LogP contribution is -2.32. The summed E-state index contributed by atoms with van der Waals surface area (Å²) >= 11 is 0. The second kappa shape index (κ2) is 11.4. The Morgan fingerprint density at radius 2 is 1.56 bits per heavy atom. The molecule has 1 N–H and O–H groups in total. The van der Waals surface area contributed by atoms with Crippen LogP contribution in [0.25, 0.3) is 0 Å². The Kier molecular flexibility index (Phi) is 8.57. The number of pyridine rings is 1. The van der Waals surface area contributed by atoms with E-state index in [2.05, 4.69) is 5.32 Å². The van der Waals surface area contributed by atoms with E-state index in [1.807, 2.05) is 0 Å². The number of amides is 1. The van der Waals surface area contributed by atoms with Gasteiger partial charge in [0.15, 0.2) is 12.4 Å². The Hall–Kier alpha value is -3.60. The van der Waals surface area contributed by atoms with Gasteiger partial charge in [-0.25, -0.2) is 0 Å². The molecule has 0 aliphatic carbocycles. The Bertz CT molecular complexity index is 1130. The molecule has 192 valence electrons. The summed E-state index contributed by atoms with van der Waals surface area (Å²) in [7, 11) is 0. The van der Waals surface area contributed by atoms with E-state index in [1.165, 1.54) is 18.5 Å². The molecule has 0 bridgehead atoms. The monoisotopic (exact) mass is 512 g/mol. The smallest absolute Gasteiger partial charge is 0.416 e. The molecular weight excluding hydrogens is 490 g/mol. The zero-order chi connectivity index (χ0) is 26.3. The van der Waals surface area contributed by atoms with E-state index in [4.69, 9.17) is 4.74 Å². The topological polar surface area (TPSA) is 65.3 Å². The normalized spacial score (nSPS) is 12.8. The average Bonchev–Trinajstić information content (AvgIpc) is 2.80. The third-order valence-electron chi connectivity index (χ3n) is 5.25. The summed E-state index contributed by atoms with van der Waals surface area (Å²) in [6, 6.07) is 13.2. The van der Waals surface area contributed by atoms with E-state index in [-0.39, 0.29) is 37.1 Å². The molecule has 3 aromatic rings. The van der Waals surface area contributed by atoms with Crippen LogP contribution in [0.1, 0.15) is 33.7 Å². The van der Waals surface area contributed by atoms with Gasteiger partial charge in [0.05, 0.1) is 30.8 Å². The molecule has 11 heteroatoms. The molecule has 1 aromatic heterocycles. The first-order valence-electron chi connectivity index (χ1n) is 10.8. The van der Waals surface area contributed by atoms with E-state index in [9.17, 15) is 36.3 Å². The zero-order valence-corrected chi connectivity index (χ0v) is 18.8. The molecule has 1 unspecified atom stereocenters. The minimum Gasteiger partial charge on any atom is -0.619 e. The molecule has 5 nitrogen and oxygen atoms in total. The Balaban J connectivity index is 1.67. The standard InChI is InChI=1S/C25H22F6N2O3/c26-24(27,28)21-9-18(10-22(12-21)25(29,30)31)15-36-16-20(19-6-2-1-3-7-19)13-32-23(34)11-17-5-4-8-33(35)14-17/h1-10,12,14,20H,11,13,15-16H2,(H,32,34). The molecule has 1 heterocycles. The summed E-state index contributed by atoms with van der Waals surface area (Å²) in [5, 5.41) is 14.1. The van der Waals surface area contributed by atoms with E-state index in [1.54, 1.807) is 36.4 Å². The SMILES string of the molecule is O=C(Cc1ccc[n+]([O-])c1)NCC(COCc1cc(C(F)(F)F)cc(C(F)(F)F)c1)c1ccccc1. The molecule has 2 aromatic carbocycles. The van der Waals surface area contributed by atoms with Gasteiger partial charge in [-0.15, -0.1) is 0 Å². The summed E-state index contributed by atoms with van der Waals surface area (Å²) in [6.07, 6.45) is -7.39. The average molecular weight is 512 g/mol. The lowest BCUT2D eigenvalue weighted by molar-refractivity contribution is -0.605. The van der Waals surface area contributed by atoms with Gasteiger partial charge in [-0.3, -0.25) is 4.79 Å². The summed E-state index contributed by atoms with van der Waals surface area (Å²) < 4.78 is 84.6. The summed E-state index contributed by atoms with van der Waals surface area (Å²) in [5.41, 5.74) is -1.84. The second-order valence-electron chi connectivity index (χ2n) is 8.09. The Morgan fingerprint density at radius 3 is 2.14 bits per heavy atom. The highest BCUT2D eigenvalue weighted by Crippen LogP contribution is 2.36. The molecule has 0 saturated heterocycles. The number of aromatic nitrogens is 1. The van der Waals surface area contributed by atoms with Crippen LogP contribution in [0, 0.1) is 5.21 Å². The lowest BCUT2D eigenvalue weighted by Gasteiger charge is -2.19. The molecular formula is C25H22F6N2O3. The molecule has 0 saturated carbocycles. The highest BCUT2D eigenvalue weighted by Gasteiger charge is 2.36. The van der Waals surface area contributed by atoms with Crippen LogP contribution < -0.4 is 10.0 Å². The molecule has 1 amide bonds. The van der Waals surface area contributed by atoms with Crippen LogP contribution in [0.5, 0.6) is 0 Å². The molecule has 0 aliphatic rings. The number of alkyl halides is 6. The number of ether oxygens (including phenoxy) is 1. The Labute approximate surface area is 202 Å². The fourth-order valence-corrected chi connectivity index (χ4v) is 3.51. The van der Waals surface area contributed by atoms with Gasteiger partial charge in [0.2, 0.25) is 5.91 Å². The fourth-order valence-electron chi connectivity index (χ4n) is 3.51. The van der Waals surface area contributed by atoms with Crippen LogP contribution in [0.2, 0.25) is 0 Å². The largest absolute Gasteiger partial charge is 0.619 e. The van der Waals surface area contributed by atoms with Gasteiger partial charge in [0.25, 0.3) is 0 Å². The number of rotatable bonds is 9. The van der Waals surface area contributed by atoms with Crippen LogP contribution in [0.3, 0.4) is 0 Å². The number of nitrogens with zero attached hydrogens (tertiary/aromatic N) is 1. The Morgan fingerprint density at radius 1 is 0.917 bits per heavy atom. The predicted molar refractivity (Wildman–Crippen MR) is 117 cm³/mol. The quantitative estimate of drug-likeness (QED) is 0.249. The van der Waals surface area contributed by atoms with E-state index in [0.29, 0.717) is 22.4 Å². The van der Waals surface area contributed by atoms with Gasteiger partial charge in [-0.05, 0) is 35.4 Å². The van der Waals surface area contributed by atoms with Gasteiger partial charge in [0.1, 0.15) is 0 Å². The summed E-state index contributed by atoms with van der Waals surface area (Å²) in [5.74, 6) is -0.793. The van der Waals surface area contributed by atoms with Crippen LogP contribution in [0.15, 0.2) is 73.1 Å².